The number of amides is 1. The number of ketones is 1. The summed E-state index contributed by atoms with van der Waals surface area (Å²) in [6.07, 6.45) is 3.03. The highest BCUT2D eigenvalue weighted by Gasteiger charge is 2.16. The zero-order chi connectivity index (χ0) is 9.56. The number of unbranched alkanes of at least 4 members (excludes halogenated alkanes) is 1. The predicted octanol–water partition coefficient (Wildman–Crippen LogP) is 1.26. The second-order valence-electron chi connectivity index (χ2n) is 3.15. The molecule has 0 saturated heterocycles. The van der Waals surface area contributed by atoms with Gasteiger partial charge in [-0.25, -0.2) is 0 Å². The van der Waals surface area contributed by atoms with Crippen molar-refractivity contribution in [3.05, 3.63) is 0 Å². The molecule has 0 bridgehead atoms. The lowest BCUT2D eigenvalue weighted by Gasteiger charge is -2.09. The van der Waals surface area contributed by atoms with Crippen molar-refractivity contribution < 1.29 is 9.59 Å². The number of hydrogen-bond donors (Lipinski definition) is 1. The molecule has 0 aromatic carbocycles. The van der Waals surface area contributed by atoms with Gasteiger partial charge in [0, 0.05) is 12.3 Å². The molecular weight excluding hydrogens is 154 g/mol. The second kappa shape index (κ2) is 5.75. The van der Waals surface area contributed by atoms with E-state index in [9.17, 15) is 9.59 Å². The number of primary amides is 1. The molecule has 3 nitrogen and oxygen atoms in total. The summed E-state index contributed by atoms with van der Waals surface area (Å²) < 4.78 is 0. The summed E-state index contributed by atoms with van der Waals surface area (Å²) in [5.41, 5.74) is 5.13. The Morgan fingerprint density at radius 1 is 1.42 bits per heavy atom. The standard InChI is InChI=1S/C9H17NO2/c1-3-4-5-8(9(10)12)6-7(2)11/h8H,3-6H2,1-2H3,(H2,10,12)/t8-/m1/s1. The molecule has 0 saturated carbocycles. The molecule has 0 heterocycles. The largest absolute Gasteiger partial charge is 0.369 e. The van der Waals surface area contributed by atoms with Crippen molar-refractivity contribution in [1.82, 2.24) is 0 Å². The van der Waals surface area contributed by atoms with E-state index in [1.807, 2.05) is 6.92 Å². The molecule has 3 heteroatoms. The minimum atomic E-state index is -0.348. The summed E-state index contributed by atoms with van der Waals surface area (Å²) in [5.74, 6) is -0.559. The molecule has 12 heavy (non-hydrogen) atoms. The highest BCUT2D eigenvalue weighted by Crippen LogP contribution is 2.12. The first-order chi connectivity index (χ1) is 5.57. The molecule has 70 valence electrons. The van der Waals surface area contributed by atoms with Crippen LogP contribution in [-0.4, -0.2) is 11.7 Å². The molecule has 1 atom stereocenters. The summed E-state index contributed by atoms with van der Waals surface area (Å²) in [6.45, 7) is 3.54. The number of Topliss-reactive ketones (excluding diaryl/α,β-unsaturated/α-hetero) is 1. The second-order valence-corrected chi connectivity index (χ2v) is 3.15. The van der Waals surface area contributed by atoms with Crippen molar-refractivity contribution in [2.75, 3.05) is 0 Å². The van der Waals surface area contributed by atoms with Gasteiger partial charge in [0.15, 0.2) is 0 Å². The predicted molar refractivity (Wildman–Crippen MR) is 47.5 cm³/mol. The first-order valence-corrected chi connectivity index (χ1v) is 4.36. The van der Waals surface area contributed by atoms with Crippen LogP contribution in [-0.2, 0) is 9.59 Å². The molecule has 0 rings (SSSR count). The van der Waals surface area contributed by atoms with Gasteiger partial charge in [0.1, 0.15) is 5.78 Å². The van der Waals surface area contributed by atoms with Crippen LogP contribution in [0, 0.1) is 5.92 Å². The third-order valence-electron chi connectivity index (χ3n) is 1.84. The van der Waals surface area contributed by atoms with Crippen LogP contribution in [0.5, 0.6) is 0 Å². The Bertz CT molecular complexity index is 166. The molecule has 0 aromatic heterocycles. The molecule has 0 radical (unpaired) electrons. The van der Waals surface area contributed by atoms with Crippen LogP contribution in [0.1, 0.15) is 39.5 Å². The Labute approximate surface area is 73.3 Å². The van der Waals surface area contributed by atoms with Crippen molar-refractivity contribution in [3.8, 4) is 0 Å². The maximum atomic E-state index is 10.8. The van der Waals surface area contributed by atoms with Gasteiger partial charge in [0.2, 0.25) is 5.91 Å². The minimum absolute atomic E-state index is 0.0369. The molecule has 0 unspecified atom stereocenters. The van der Waals surface area contributed by atoms with Gasteiger partial charge >= 0.3 is 0 Å². The third-order valence-corrected chi connectivity index (χ3v) is 1.84. The molecule has 0 fully saturated rings. The van der Waals surface area contributed by atoms with E-state index in [0.717, 1.165) is 19.3 Å². The van der Waals surface area contributed by atoms with E-state index >= 15 is 0 Å². The van der Waals surface area contributed by atoms with Crippen LogP contribution >= 0.6 is 0 Å². The SMILES string of the molecule is CCCC[C@H](CC(C)=O)C(N)=O. The fourth-order valence-corrected chi connectivity index (χ4v) is 1.14. The minimum Gasteiger partial charge on any atom is -0.369 e. The molecule has 0 aromatic rings. The van der Waals surface area contributed by atoms with E-state index in [0.29, 0.717) is 6.42 Å². The van der Waals surface area contributed by atoms with Crippen LogP contribution < -0.4 is 5.73 Å². The Balaban J connectivity index is 3.87. The average Bonchev–Trinajstić information content (AvgIpc) is 1.96. The van der Waals surface area contributed by atoms with Gasteiger partial charge in [-0.3, -0.25) is 4.79 Å². The average molecular weight is 171 g/mol. The summed E-state index contributed by atoms with van der Waals surface area (Å²) >= 11 is 0. The maximum absolute atomic E-state index is 10.8. The summed E-state index contributed by atoms with van der Waals surface area (Å²) in [7, 11) is 0. The normalized spacial score (nSPS) is 12.5. The van der Waals surface area contributed by atoms with Crippen LogP contribution in [0.2, 0.25) is 0 Å². The van der Waals surface area contributed by atoms with Gasteiger partial charge < -0.3 is 10.5 Å². The fraction of sp³-hybridized carbons (Fsp3) is 0.778. The van der Waals surface area contributed by atoms with Crippen LogP contribution in [0.25, 0.3) is 0 Å². The molecular formula is C9H17NO2. The summed E-state index contributed by atoms with van der Waals surface area (Å²) in [5, 5.41) is 0. The smallest absolute Gasteiger partial charge is 0.220 e. The van der Waals surface area contributed by atoms with Crippen LogP contribution in [0.3, 0.4) is 0 Å². The number of carbonyl (C=O) groups is 2. The molecule has 0 aliphatic carbocycles. The molecule has 0 spiro atoms. The monoisotopic (exact) mass is 171 g/mol. The summed E-state index contributed by atoms with van der Waals surface area (Å²) in [4.78, 5) is 21.5. The van der Waals surface area contributed by atoms with Gasteiger partial charge in [-0.1, -0.05) is 19.8 Å². The van der Waals surface area contributed by atoms with Gasteiger partial charge in [0.25, 0.3) is 0 Å². The Hall–Kier alpha value is -0.860. The van der Waals surface area contributed by atoms with Crippen molar-refractivity contribution in [2.45, 2.75) is 39.5 Å². The van der Waals surface area contributed by atoms with E-state index in [-0.39, 0.29) is 17.6 Å². The molecule has 1 amide bonds. The third kappa shape index (κ3) is 4.88. The molecule has 0 aliphatic rings. The quantitative estimate of drug-likeness (QED) is 0.654. The lowest BCUT2D eigenvalue weighted by molar-refractivity contribution is -0.126. The number of nitrogens with two attached hydrogens (primary N) is 1. The summed E-state index contributed by atoms with van der Waals surface area (Å²) in [6, 6.07) is 0. The Kier molecular flexibility index (Phi) is 5.34. The van der Waals surface area contributed by atoms with Gasteiger partial charge in [-0.15, -0.1) is 0 Å². The first kappa shape index (κ1) is 11.1. The zero-order valence-electron chi connectivity index (χ0n) is 7.80. The van der Waals surface area contributed by atoms with E-state index in [1.54, 1.807) is 0 Å². The van der Waals surface area contributed by atoms with E-state index in [2.05, 4.69) is 0 Å². The highest BCUT2D eigenvalue weighted by atomic mass is 16.1. The van der Waals surface area contributed by atoms with E-state index in [1.165, 1.54) is 6.92 Å². The maximum Gasteiger partial charge on any atom is 0.220 e. The number of carbonyl (C=O) groups excluding carboxylic acids is 2. The lowest BCUT2D eigenvalue weighted by Crippen LogP contribution is -2.25. The Morgan fingerprint density at radius 3 is 2.33 bits per heavy atom. The number of rotatable bonds is 6. The number of hydrogen-bond acceptors (Lipinski definition) is 2. The van der Waals surface area contributed by atoms with Gasteiger partial charge in [0.05, 0.1) is 0 Å². The van der Waals surface area contributed by atoms with Crippen LogP contribution in [0.4, 0.5) is 0 Å². The Morgan fingerprint density at radius 2 is 2.00 bits per heavy atom. The van der Waals surface area contributed by atoms with Crippen molar-refractivity contribution in [1.29, 1.82) is 0 Å². The molecule has 0 aliphatic heterocycles. The molecule has 2 N–H and O–H groups in total. The van der Waals surface area contributed by atoms with E-state index < -0.39 is 0 Å². The lowest BCUT2D eigenvalue weighted by atomic mass is 9.96. The van der Waals surface area contributed by atoms with Gasteiger partial charge in [-0.2, -0.15) is 0 Å². The van der Waals surface area contributed by atoms with Crippen LogP contribution in [0.15, 0.2) is 0 Å². The van der Waals surface area contributed by atoms with Gasteiger partial charge in [-0.05, 0) is 13.3 Å². The first-order valence-electron chi connectivity index (χ1n) is 4.36. The topological polar surface area (TPSA) is 60.2 Å². The van der Waals surface area contributed by atoms with Crippen molar-refractivity contribution in [2.24, 2.45) is 11.7 Å². The van der Waals surface area contributed by atoms with Crippen molar-refractivity contribution >= 4 is 11.7 Å². The fourth-order valence-electron chi connectivity index (χ4n) is 1.14. The highest BCUT2D eigenvalue weighted by molar-refractivity contribution is 5.84. The van der Waals surface area contributed by atoms with Crippen molar-refractivity contribution in [3.63, 3.8) is 0 Å². The zero-order valence-corrected chi connectivity index (χ0v) is 7.80. The van der Waals surface area contributed by atoms with E-state index in [4.69, 9.17) is 5.73 Å².